The van der Waals surface area contributed by atoms with Crippen molar-refractivity contribution in [1.29, 1.82) is 0 Å². The molecular weight excluding hydrogens is 304 g/mol. The minimum atomic E-state index is -3.80. The van der Waals surface area contributed by atoms with Crippen molar-refractivity contribution in [2.24, 2.45) is 0 Å². The summed E-state index contributed by atoms with van der Waals surface area (Å²) in [5.41, 5.74) is 0.235. The normalized spacial score (nSPS) is 11.3. The van der Waals surface area contributed by atoms with Crippen molar-refractivity contribution in [3.05, 3.63) is 28.8 Å². The number of ether oxygens (including phenoxy) is 1. The van der Waals surface area contributed by atoms with E-state index in [1.54, 1.807) is 18.4 Å². The van der Waals surface area contributed by atoms with Gasteiger partial charge < -0.3 is 9.26 Å². The predicted molar refractivity (Wildman–Crippen MR) is 72.3 cm³/mol. The first-order valence-corrected chi connectivity index (χ1v) is 8.01. The molecule has 0 bridgehead atoms. The summed E-state index contributed by atoms with van der Waals surface area (Å²) < 4.78 is 36.1. The number of rotatable bonds is 5. The molecule has 2 aromatic heterocycles. The Morgan fingerprint density at radius 3 is 2.90 bits per heavy atom. The Kier molecular flexibility index (Phi) is 4.09. The van der Waals surface area contributed by atoms with E-state index in [1.165, 1.54) is 13.0 Å². The van der Waals surface area contributed by atoms with Gasteiger partial charge in [0, 0.05) is 0 Å². The van der Waals surface area contributed by atoms with Gasteiger partial charge >= 0.3 is 5.97 Å². The molecule has 108 valence electrons. The maximum Gasteiger partial charge on any atom is 0.345 e. The summed E-state index contributed by atoms with van der Waals surface area (Å²) in [5, 5.41) is 5.22. The molecule has 2 rings (SSSR count). The number of hydrogen-bond acceptors (Lipinski definition) is 7. The lowest BCUT2D eigenvalue weighted by atomic mass is 10.2. The van der Waals surface area contributed by atoms with Crippen LogP contribution in [0.2, 0.25) is 0 Å². The molecule has 0 saturated carbocycles. The molecule has 0 aromatic carbocycles. The van der Waals surface area contributed by atoms with E-state index in [0.717, 1.165) is 11.3 Å². The average Bonchev–Trinajstić information content (AvgIpc) is 2.99. The molecule has 0 unspecified atom stereocenters. The summed E-state index contributed by atoms with van der Waals surface area (Å²) in [7, 11) is -3.80. The minimum absolute atomic E-state index is 0.0213. The van der Waals surface area contributed by atoms with Crippen LogP contribution in [0.4, 0.5) is 5.88 Å². The number of thiophene rings is 1. The van der Waals surface area contributed by atoms with Gasteiger partial charge in [-0.1, -0.05) is 11.2 Å². The molecular formula is C11H12N2O5S2. The Morgan fingerprint density at radius 2 is 2.30 bits per heavy atom. The third-order valence-electron chi connectivity index (χ3n) is 2.33. The second kappa shape index (κ2) is 5.63. The first-order valence-electron chi connectivity index (χ1n) is 5.65. The Balaban J connectivity index is 2.34. The summed E-state index contributed by atoms with van der Waals surface area (Å²) in [6.07, 6.45) is 0. The maximum atomic E-state index is 12.1. The van der Waals surface area contributed by atoms with E-state index in [1.807, 2.05) is 0 Å². The van der Waals surface area contributed by atoms with Crippen molar-refractivity contribution in [2.45, 2.75) is 18.1 Å². The quantitative estimate of drug-likeness (QED) is 0.847. The van der Waals surface area contributed by atoms with E-state index in [9.17, 15) is 13.2 Å². The number of aryl methyl sites for hydroxylation is 1. The van der Waals surface area contributed by atoms with Gasteiger partial charge in [-0.2, -0.15) is 0 Å². The van der Waals surface area contributed by atoms with Gasteiger partial charge in [-0.15, -0.1) is 11.3 Å². The van der Waals surface area contributed by atoms with Crippen LogP contribution in [0.25, 0.3) is 0 Å². The molecule has 2 heterocycles. The highest BCUT2D eigenvalue weighted by Crippen LogP contribution is 2.25. The van der Waals surface area contributed by atoms with Gasteiger partial charge in [0.05, 0.1) is 12.3 Å². The van der Waals surface area contributed by atoms with Gasteiger partial charge in [-0.25, -0.2) is 17.9 Å². The SMILES string of the molecule is CCOC(=O)c1c(C)noc1NS(=O)(=O)c1cccs1. The Labute approximate surface area is 119 Å². The fourth-order valence-corrected chi connectivity index (χ4v) is 3.46. The zero-order chi connectivity index (χ0) is 14.8. The van der Waals surface area contributed by atoms with Crippen LogP contribution < -0.4 is 4.72 Å². The van der Waals surface area contributed by atoms with Crippen LogP contribution in [0.3, 0.4) is 0 Å². The smallest absolute Gasteiger partial charge is 0.345 e. The summed E-state index contributed by atoms with van der Waals surface area (Å²) in [4.78, 5) is 11.8. The summed E-state index contributed by atoms with van der Waals surface area (Å²) in [6, 6.07) is 3.05. The first kappa shape index (κ1) is 14.5. The van der Waals surface area contributed by atoms with E-state index in [-0.39, 0.29) is 28.0 Å². The number of carbonyl (C=O) groups excluding carboxylic acids is 1. The first-order chi connectivity index (χ1) is 9.45. The number of nitrogens with zero attached hydrogens (tertiary/aromatic N) is 1. The monoisotopic (exact) mass is 316 g/mol. The van der Waals surface area contributed by atoms with Crippen molar-refractivity contribution < 1.29 is 22.5 Å². The Morgan fingerprint density at radius 1 is 1.55 bits per heavy atom. The second-order valence-corrected chi connectivity index (χ2v) is 6.59. The summed E-state index contributed by atoms with van der Waals surface area (Å²) in [5.74, 6) is -0.926. The molecule has 1 N–H and O–H groups in total. The fourth-order valence-electron chi connectivity index (χ4n) is 1.47. The standard InChI is InChI=1S/C11H12N2O5S2/c1-3-17-11(14)9-7(2)12-18-10(9)13-20(15,16)8-5-4-6-19-8/h4-6,13H,3H2,1-2H3. The number of carbonyl (C=O) groups is 1. The third-order valence-corrected chi connectivity index (χ3v) is 5.06. The molecule has 9 heteroatoms. The van der Waals surface area contributed by atoms with E-state index in [2.05, 4.69) is 9.88 Å². The lowest BCUT2D eigenvalue weighted by Gasteiger charge is -2.05. The van der Waals surface area contributed by atoms with Crippen LogP contribution in [-0.4, -0.2) is 26.2 Å². The Bertz CT molecular complexity index is 703. The van der Waals surface area contributed by atoms with Crippen molar-refractivity contribution in [2.75, 3.05) is 11.3 Å². The van der Waals surface area contributed by atoms with Crippen LogP contribution in [0.15, 0.2) is 26.2 Å². The number of nitrogens with one attached hydrogen (secondary N) is 1. The lowest BCUT2D eigenvalue weighted by Crippen LogP contribution is -2.15. The molecule has 0 spiro atoms. The highest BCUT2D eigenvalue weighted by molar-refractivity contribution is 7.94. The van der Waals surface area contributed by atoms with Crippen molar-refractivity contribution in [1.82, 2.24) is 5.16 Å². The largest absolute Gasteiger partial charge is 0.462 e. The number of anilines is 1. The van der Waals surface area contributed by atoms with E-state index >= 15 is 0 Å². The molecule has 2 aromatic rings. The van der Waals surface area contributed by atoms with E-state index < -0.39 is 16.0 Å². The van der Waals surface area contributed by atoms with Crippen LogP contribution in [0.5, 0.6) is 0 Å². The van der Waals surface area contributed by atoms with Crippen LogP contribution in [0, 0.1) is 6.92 Å². The lowest BCUT2D eigenvalue weighted by molar-refractivity contribution is 0.0526. The zero-order valence-electron chi connectivity index (χ0n) is 10.7. The predicted octanol–water partition coefficient (Wildman–Crippen LogP) is 2.02. The van der Waals surface area contributed by atoms with Crippen molar-refractivity contribution >= 4 is 33.2 Å². The van der Waals surface area contributed by atoms with Crippen molar-refractivity contribution in [3.8, 4) is 0 Å². The maximum absolute atomic E-state index is 12.1. The number of hydrogen-bond donors (Lipinski definition) is 1. The molecule has 0 atom stereocenters. The highest BCUT2D eigenvalue weighted by atomic mass is 32.2. The molecule has 0 fully saturated rings. The van der Waals surface area contributed by atoms with Crippen LogP contribution in [0.1, 0.15) is 23.0 Å². The van der Waals surface area contributed by atoms with Crippen LogP contribution >= 0.6 is 11.3 Å². The van der Waals surface area contributed by atoms with Gasteiger partial charge in [0.25, 0.3) is 15.9 Å². The molecule has 7 nitrogen and oxygen atoms in total. The fraction of sp³-hybridized carbons (Fsp3) is 0.273. The minimum Gasteiger partial charge on any atom is -0.462 e. The van der Waals surface area contributed by atoms with Gasteiger partial charge in [-0.05, 0) is 25.3 Å². The zero-order valence-corrected chi connectivity index (χ0v) is 12.4. The summed E-state index contributed by atoms with van der Waals surface area (Å²) in [6.45, 7) is 3.34. The average molecular weight is 316 g/mol. The molecule has 0 amide bonds. The molecule has 0 aliphatic rings. The number of aromatic nitrogens is 1. The van der Waals surface area contributed by atoms with Gasteiger partial charge in [-0.3, -0.25) is 0 Å². The van der Waals surface area contributed by atoms with Gasteiger partial charge in [0.15, 0.2) is 0 Å². The summed E-state index contributed by atoms with van der Waals surface area (Å²) >= 11 is 1.05. The van der Waals surface area contributed by atoms with E-state index in [0.29, 0.717) is 0 Å². The number of sulfonamides is 1. The topological polar surface area (TPSA) is 98.5 Å². The number of esters is 1. The third kappa shape index (κ3) is 2.83. The van der Waals surface area contributed by atoms with Crippen LogP contribution in [-0.2, 0) is 14.8 Å². The molecule has 0 aliphatic heterocycles. The molecule has 20 heavy (non-hydrogen) atoms. The van der Waals surface area contributed by atoms with Crippen molar-refractivity contribution in [3.63, 3.8) is 0 Å². The molecule has 0 saturated heterocycles. The van der Waals surface area contributed by atoms with Gasteiger partial charge in [0.2, 0.25) is 0 Å². The van der Waals surface area contributed by atoms with Gasteiger partial charge in [0.1, 0.15) is 9.77 Å². The molecule has 0 aliphatic carbocycles. The van der Waals surface area contributed by atoms with E-state index in [4.69, 9.17) is 9.26 Å². The Hall–Kier alpha value is -1.87. The highest BCUT2D eigenvalue weighted by Gasteiger charge is 2.26. The second-order valence-electron chi connectivity index (χ2n) is 3.73. The molecule has 0 radical (unpaired) electrons.